The molecule has 2 nitrogen and oxygen atoms in total. The Labute approximate surface area is 83.5 Å². The van der Waals surface area contributed by atoms with Gasteiger partial charge in [-0.05, 0) is 35.9 Å². The molecule has 0 aliphatic carbocycles. The zero-order valence-electron chi connectivity index (χ0n) is 7.38. The van der Waals surface area contributed by atoms with Crippen molar-refractivity contribution in [2.75, 3.05) is 13.2 Å². The molecule has 0 aromatic heterocycles. The Morgan fingerprint density at radius 3 is 2.08 bits per heavy atom. The predicted octanol–water partition coefficient (Wildman–Crippen LogP) is 3.30. The van der Waals surface area contributed by atoms with Crippen LogP contribution in [0, 0.1) is 5.41 Å². The molecule has 0 bridgehead atoms. The van der Waals surface area contributed by atoms with Crippen molar-refractivity contribution in [1.29, 1.82) is 0 Å². The van der Waals surface area contributed by atoms with Crippen molar-refractivity contribution in [1.82, 2.24) is 0 Å². The minimum atomic E-state index is -2.39. The first-order chi connectivity index (χ1) is 5.54. The summed E-state index contributed by atoms with van der Waals surface area (Å²) in [7, 11) is 0. The van der Waals surface area contributed by atoms with Crippen molar-refractivity contribution in [2.24, 2.45) is 5.41 Å². The van der Waals surface area contributed by atoms with E-state index in [4.69, 9.17) is 32.1 Å². The molecule has 12 heavy (non-hydrogen) atoms. The van der Waals surface area contributed by atoms with Crippen LogP contribution in [0.2, 0.25) is 0 Å². The molecule has 5 heteroatoms. The van der Waals surface area contributed by atoms with Crippen LogP contribution < -0.4 is 0 Å². The minimum absolute atomic E-state index is 0.150. The topological polar surface area (TPSA) is 18.5 Å². The second kappa shape index (κ2) is 3.93. The molecule has 0 saturated carbocycles. The lowest BCUT2D eigenvalue weighted by atomic mass is 9.84. The Hall–Kier alpha value is 0.860. The monoisotopic (exact) mass is 228 g/mol. The molecular weight excluding hydrogens is 215 g/mol. The molecule has 72 valence electrons. The maximum Gasteiger partial charge on any atom is 0.281 e. The molecule has 1 fully saturated rings. The molecule has 1 aliphatic rings. The summed E-state index contributed by atoms with van der Waals surface area (Å²) in [5.74, 6) is -2.39. The average Bonchev–Trinajstić information content (AvgIpc) is 2.06. The molecule has 1 rings (SSSR count). The van der Waals surface area contributed by atoms with Crippen LogP contribution in [0.5, 0.6) is 0 Å². The molecular formula is C7H14ClO2PS. The third-order valence-corrected chi connectivity index (χ3v) is 4.64. The first-order valence-corrected chi connectivity index (χ1v) is 7.67. The maximum atomic E-state index is 5.79. The summed E-state index contributed by atoms with van der Waals surface area (Å²) in [4.78, 5) is 0. The zero-order chi connectivity index (χ0) is 9.24. The summed E-state index contributed by atoms with van der Waals surface area (Å²) in [6.45, 7) is 5.58. The fourth-order valence-corrected chi connectivity index (χ4v) is 2.70. The minimum Gasteiger partial charge on any atom is -0.317 e. The smallest absolute Gasteiger partial charge is 0.281 e. The van der Waals surface area contributed by atoms with Gasteiger partial charge in [-0.3, -0.25) is 0 Å². The number of hydrogen-bond donors (Lipinski definition) is 0. The van der Waals surface area contributed by atoms with Crippen molar-refractivity contribution in [3.8, 4) is 0 Å². The van der Waals surface area contributed by atoms with Gasteiger partial charge in [-0.15, -0.1) is 0 Å². The molecule has 0 N–H and O–H groups in total. The quantitative estimate of drug-likeness (QED) is 0.676. The average molecular weight is 229 g/mol. The van der Waals surface area contributed by atoms with Gasteiger partial charge in [0.05, 0.1) is 13.2 Å². The predicted molar refractivity (Wildman–Crippen MR) is 55.1 cm³/mol. The third-order valence-electron chi connectivity index (χ3n) is 2.55. The fraction of sp³-hybridized carbons (Fsp3) is 1.00. The van der Waals surface area contributed by atoms with Gasteiger partial charge >= 0.3 is 0 Å². The van der Waals surface area contributed by atoms with Crippen molar-refractivity contribution in [3.63, 3.8) is 0 Å². The van der Waals surface area contributed by atoms with Gasteiger partial charge in [0.1, 0.15) is 0 Å². The SMILES string of the molecule is CCC1(CC)COP(=S)(Cl)OC1. The van der Waals surface area contributed by atoms with Crippen LogP contribution in [0.25, 0.3) is 0 Å². The van der Waals surface area contributed by atoms with E-state index in [0.717, 1.165) is 12.8 Å². The van der Waals surface area contributed by atoms with E-state index in [1.165, 1.54) is 0 Å². The lowest BCUT2D eigenvalue weighted by Crippen LogP contribution is -2.33. The first-order valence-electron chi connectivity index (χ1n) is 4.12. The van der Waals surface area contributed by atoms with E-state index in [1.54, 1.807) is 0 Å². The van der Waals surface area contributed by atoms with Crippen molar-refractivity contribution < 1.29 is 9.05 Å². The van der Waals surface area contributed by atoms with Crippen LogP contribution in [0.15, 0.2) is 0 Å². The maximum absolute atomic E-state index is 5.79. The highest BCUT2D eigenvalue weighted by atomic mass is 35.7. The standard InChI is InChI=1S/C7H14ClO2PS/c1-3-7(4-2)5-9-11(8,12)10-6-7/h3-6H2,1-2H3. The Morgan fingerprint density at radius 1 is 1.33 bits per heavy atom. The van der Waals surface area contributed by atoms with Gasteiger partial charge < -0.3 is 9.05 Å². The largest absolute Gasteiger partial charge is 0.317 e. The number of hydrogen-bond acceptors (Lipinski definition) is 3. The van der Waals surface area contributed by atoms with E-state index in [2.05, 4.69) is 13.8 Å². The van der Waals surface area contributed by atoms with Crippen LogP contribution in [0.4, 0.5) is 0 Å². The highest BCUT2D eigenvalue weighted by molar-refractivity contribution is 8.22. The van der Waals surface area contributed by atoms with E-state index in [-0.39, 0.29) is 5.41 Å². The van der Waals surface area contributed by atoms with Crippen LogP contribution in [0.3, 0.4) is 0 Å². The van der Waals surface area contributed by atoms with E-state index < -0.39 is 5.84 Å². The molecule has 0 radical (unpaired) electrons. The van der Waals surface area contributed by atoms with Gasteiger partial charge in [0.25, 0.3) is 5.84 Å². The third kappa shape index (κ3) is 2.43. The molecule has 0 spiro atoms. The van der Waals surface area contributed by atoms with Gasteiger partial charge in [-0.1, -0.05) is 13.8 Å². The highest BCUT2D eigenvalue weighted by Gasteiger charge is 2.36. The summed E-state index contributed by atoms with van der Waals surface area (Å²) in [5.41, 5.74) is 0.150. The van der Waals surface area contributed by atoms with Crippen molar-refractivity contribution in [3.05, 3.63) is 0 Å². The van der Waals surface area contributed by atoms with Crippen LogP contribution in [-0.2, 0) is 20.9 Å². The molecule has 1 aliphatic heterocycles. The zero-order valence-corrected chi connectivity index (χ0v) is 9.85. The molecule has 0 aromatic carbocycles. The lowest BCUT2D eigenvalue weighted by Gasteiger charge is -2.37. The van der Waals surface area contributed by atoms with Gasteiger partial charge in [0, 0.05) is 5.41 Å². The summed E-state index contributed by atoms with van der Waals surface area (Å²) in [6.07, 6.45) is 2.10. The van der Waals surface area contributed by atoms with Crippen LogP contribution in [-0.4, -0.2) is 13.2 Å². The number of halogens is 1. The Bertz CT molecular complexity index is 192. The van der Waals surface area contributed by atoms with Crippen LogP contribution in [0.1, 0.15) is 26.7 Å². The Morgan fingerprint density at radius 2 is 1.75 bits per heavy atom. The summed E-state index contributed by atoms with van der Waals surface area (Å²) >= 11 is 10.7. The molecule has 0 amide bonds. The normalized spacial score (nSPS) is 26.9. The fourth-order valence-electron chi connectivity index (χ4n) is 1.17. The first kappa shape index (κ1) is 10.9. The number of rotatable bonds is 2. The van der Waals surface area contributed by atoms with E-state index in [9.17, 15) is 0 Å². The molecule has 0 atom stereocenters. The van der Waals surface area contributed by atoms with Gasteiger partial charge in [-0.25, -0.2) is 0 Å². The molecule has 1 heterocycles. The van der Waals surface area contributed by atoms with E-state index in [1.807, 2.05) is 0 Å². The summed E-state index contributed by atoms with van der Waals surface area (Å²) in [5, 5.41) is 0. The second-order valence-electron chi connectivity index (χ2n) is 3.18. The summed E-state index contributed by atoms with van der Waals surface area (Å²) < 4.78 is 10.7. The molecule has 1 saturated heterocycles. The van der Waals surface area contributed by atoms with Gasteiger partial charge in [0.2, 0.25) is 0 Å². The van der Waals surface area contributed by atoms with Crippen molar-refractivity contribution in [2.45, 2.75) is 26.7 Å². The van der Waals surface area contributed by atoms with Crippen molar-refractivity contribution >= 4 is 28.9 Å². The molecule has 0 unspecified atom stereocenters. The molecule has 0 aromatic rings. The summed E-state index contributed by atoms with van der Waals surface area (Å²) in [6, 6.07) is 0. The van der Waals surface area contributed by atoms with E-state index >= 15 is 0 Å². The Kier molecular flexibility index (Phi) is 3.58. The van der Waals surface area contributed by atoms with E-state index in [0.29, 0.717) is 13.2 Å². The lowest BCUT2D eigenvalue weighted by molar-refractivity contribution is 0.0322. The highest BCUT2D eigenvalue weighted by Crippen LogP contribution is 2.59. The second-order valence-corrected chi connectivity index (χ2v) is 7.94. The Balaban J connectivity index is 2.59. The van der Waals surface area contributed by atoms with Gasteiger partial charge in [0.15, 0.2) is 0 Å². The van der Waals surface area contributed by atoms with Crippen LogP contribution >= 0.6 is 17.1 Å². The van der Waals surface area contributed by atoms with Gasteiger partial charge in [-0.2, -0.15) is 0 Å².